The van der Waals surface area contributed by atoms with E-state index in [1.165, 1.54) is 31.2 Å². The molecule has 0 bridgehead atoms. The second kappa shape index (κ2) is 5.61. The van der Waals surface area contributed by atoms with E-state index in [0.717, 1.165) is 23.7 Å². The molecular weight excluding hydrogens is 210 g/mol. The highest BCUT2D eigenvalue weighted by Gasteiger charge is 2.21. The first-order valence-corrected chi connectivity index (χ1v) is 6.61. The number of hydrazine groups is 1. The Kier molecular flexibility index (Phi) is 4.13. The molecule has 1 saturated carbocycles. The number of pyridine rings is 1. The topological polar surface area (TPSA) is 50.9 Å². The van der Waals surface area contributed by atoms with E-state index in [-0.39, 0.29) is 6.04 Å². The van der Waals surface area contributed by atoms with Crippen LogP contribution in [0.2, 0.25) is 0 Å². The van der Waals surface area contributed by atoms with Crippen molar-refractivity contribution >= 4 is 0 Å². The summed E-state index contributed by atoms with van der Waals surface area (Å²) in [7, 11) is 0. The van der Waals surface area contributed by atoms with Gasteiger partial charge in [0.1, 0.15) is 0 Å². The van der Waals surface area contributed by atoms with Crippen LogP contribution in [0.15, 0.2) is 12.1 Å². The Bertz CT molecular complexity index is 370. The molecule has 3 nitrogen and oxygen atoms in total. The van der Waals surface area contributed by atoms with Crippen LogP contribution in [0.25, 0.3) is 0 Å². The molecule has 1 aromatic heterocycles. The lowest BCUT2D eigenvalue weighted by Gasteiger charge is -2.21. The molecule has 0 aliphatic heterocycles. The standard InChI is InChI=1S/C14H23N3/c1-10-7-8-13(11(2)16-10)14(17-15)9-12-5-3-4-6-12/h7-8,12,14,17H,3-6,9,15H2,1-2H3. The van der Waals surface area contributed by atoms with Crippen LogP contribution in [0, 0.1) is 19.8 Å². The van der Waals surface area contributed by atoms with Crippen LogP contribution in [-0.4, -0.2) is 4.98 Å². The quantitative estimate of drug-likeness (QED) is 0.621. The highest BCUT2D eigenvalue weighted by atomic mass is 15.2. The van der Waals surface area contributed by atoms with Gasteiger partial charge in [0.15, 0.2) is 0 Å². The van der Waals surface area contributed by atoms with E-state index < -0.39 is 0 Å². The van der Waals surface area contributed by atoms with Crippen molar-refractivity contribution in [3.05, 3.63) is 29.1 Å². The van der Waals surface area contributed by atoms with Gasteiger partial charge in [0, 0.05) is 17.4 Å². The van der Waals surface area contributed by atoms with E-state index in [0.29, 0.717) is 0 Å². The Morgan fingerprint density at radius 1 is 1.35 bits per heavy atom. The van der Waals surface area contributed by atoms with E-state index in [1.807, 2.05) is 6.92 Å². The number of aryl methyl sites for hydroxylation is 2. The summed E-state index contributed by atoms with van der Waals surface area (Å²) in [6.45, 7) is 4.10. The predicted molar refractivity (Wildman–Crippen MR) is 70.4 cm³/mol. The van der Waals surface area contributed by atoms with E-state index in [1.54, 1.807) is 0 Å². The molecule has 0 saturated heterocycles. The van der Waals surface area contributed by atoms with Gasteiger partial charge in [-0.1, -0.05) is 31.7 Å². The molecule has 1 aliphatic carbocycles. The van der Waals surface area contributed by atoms with Crippen molar-refractivity contribution in [1.82, 2.24) is 10.4 Å². The minimum Gasteiger partial charge on any atom is -0.271 e. The van der Waals surface area contributed by atoms with Crippen molar-refractivity contribution in [2.75, 3.05) is 0 Å². The largest absolute Gasteiger partial charge is 0.271 e. The number of hydrogen-bond acceptors (Lipinski definition) is 3. The second-order valence-corrected chi connectivity index (χ2v) is 5.23. The first-order valence-electron chi connectivity index (χ1n) is 6.61. The summed E-state index contributed by atoms with van der Waals surface area (Å²) in [5.74, 6) is 6.54. The highest BCUT2D eigenvalue weighted by molar-refractivity contribution is 5.25. The predicted octanol–water partition coefficient (Wildman–Crippen LogP) is 2.78. The second-order valence-electron chi connectivity index (χ2n) is 5.23. The normalized spacial score (nSPS) is 18.5. The maximum Gasteiger partial charge on any atom is 0.0480 e. The number of hydrogen-bond donors (Lipinski definition) is 2. The van der Waals surface area contributed by atoms with Gasteiger partial charge in [0.2, 0.25) is 0 Å². The van der Waals surface area contributed by atoms with Crippen molar-refractivity contribution in [1.29, 1.82) is 0 Å². The van der Waals surface area contributed by atoms with Gasteiger partial charge in [-0.25, -0.2) is 0 Å². The molecule has 1 aromatic rings. The number of nitrogens with two attached hydrogens (primary N) is 1. The van der Waals surface area contributed by atoms with E-state index in [2.05, 4.69) is 29.5 Å². The van der Waals surface area contributed by atoms with Gasteiger partial charge in [0.25, 0.3) is 0 Å². The minimum absolute atomic E-state index is 0.256. The van der Waals surface area contributed by atoms with Crippen LogP contribution in [0.1, 0.15) is 55.1 Å². The molecule has 1 aliphatic rings. The lowest BCUT2D eigenvalue weighted by molar-refractivity contribution is 0.398. The summed E-state index contributed by atoms with van der Waals surface area (Å²) >= 11 is 0. The summed E-state index contributed by atoms with van der Waals surface area (Å²) in [6.07, 6.45) is 6.62. The number of aromatic nitrogens is 1. The summed E-state index contributed by atoms with van der Waals surface area (Å²) in [5.41, 5.74) is 6.40. The Balaban J connectivity index is 2.10. The van der Waals surface area contributed by atoms with Gasteiger partial charge >= 0.3 is 0 Å². The third-order valence-corrected chi connectivity index (χ3v) is 3.89. The van der Waals surface area contributed by atoms with Crippen molar-refractivity contribution in [3.8, 4) is 0 Å². The summed E-state index contributed by atoms with van der Waals surface area (Å²) in [5, 5.41) is 0. The molecule has 0 radical (unpaired) electrons. The zero-order chi connectivity index (χ0) is 12.3. The Hall–Kier alpha value is -0.930. The Morgan fingerprint density at radius 3 is 2.65 bits per heavy atom. The Morgan fingerprint density at radius 2 is 2.06 bits per heavy atom. The molecule has 0 amide bonds. The molecular formula is C14H23N3. The third-order valence-electron chi connectivity index (χ3n) is 3.89. The highest BCUT2D eigenvalue weighted by Crippen LogP contribution is 2.33. The minimum atomic E-state index is 0.256. The molecule has 2 rings (SSSR count). The van der Waals surface area contributed by atoms with Crippen molar-refractivity contribution < 1.29 is 0 Å². The maximum absolute atomic E-state index is 5.71. The van der Waals surface area contributed by atoms with Gasteiger partial charge in [-0.2, -0.15) is 0 Å². The molecule has 1 heterocycles. The molecule has 17 heavy (non-hydrogen) atoms. The van der Waals surface area contributed by atoms with Crippen molar-refractivity contribution in [2.24, 2.45) is 11.8 Å². The van der Waals surface area contributed by atoms with Crippen LogP contribution >= 0.6 is 0 Å². The molecule has 0 spiro atoms. The SMILES string of the molecule is Cc1ccc(C(CC2CCCC2)NN)c(C)n1. The molecule has 1 atom stereocenters. The van der Waals surface area contributed by atoms with Gasteiger partial charge in [-0.3, -0.25) is 16.3 Å². The van der Waals surface area contributed by atoms with Crippen molar-refractivity contribution in [2.45, 2.75) is 52.0 Å². The van der Waals surface area contributed by atoms with Crippen LogP contribution in [0.5, 0.6) is 0 Å². The first-order chi connectivity index (χ1) is 8.20. The zero-order valence-electron chi connectivity index (χ0n) is 10.9. The van der Waals surface area contributed by atoms with E-state index in [4.69, 9.17) is 5.84 Å². The molecule has 3 heteroatoms. The van der Waals surface area contributed by atoms with Crippen LogP contribution in [0.3, 0.4) is 0 Å². The molecule has 94 valence electrons. The molecule has 0 aromatic carbocycles. The van der Waals surface area contributed by atoms with E-state index >= 15 is 0 Å². The Labute approximate surface area is 104 Å². The van der Waals surface area contributed by atoms with Crippen molar-refractivity contribution in [3.63, 3.8) is 0 Å². The number of rotatable bonds is 4. The monoisotopic (exact) mass is 233 g/mol. The molecule has 3 N–H and O–H groups in total. The average molecular weight is 233 g/mol. The summed E-state index contributed by atoms with van der Waals surface area (Å²) in [4.78, 5) is 4.52. The lowest BCUT2D eigenvalue weighted by Crippen LogP contribution is -2.30. The van der Waals surface area contributed by atoms with Gasteiger partial charge in [-0.15, -0.1) is 0 Å². The van der Waals surface area contributed by atoms with Crippen LogP contribution in [-0.2, 0) is 0 Å². The van der Waals surface area contributed by atoms with Gasteiger partial charge < -0.3 is 0 Å². The fourth-order valence-electron chi connectivity index (χ4n) is 2.93. The number of nitrogens with zero attached hydrogens (tertiary/aromatic N) is 1. The number of nitrogens with one attached hydrogen (secondary N) is 1. The smallest absolute Gasteiger partial charge is 0.0480 e. The van der Waals surface area contributed by atoms with Crippen LogP contribution < -0.4 is 11.3 Å². The maximum atomic E-state index is 5.71. The average Bonchev–Trinajstić information content (AvgIpc) is 2.79. The molecule has 1 fully saturated rings. The fraction of sp³-hybridized carbons (Fsp3) is 0.643. The van der Waals surface area contributed by atoms with Gasteiger partial charge in [0.05, 0.1) is 0 Å². The van der Waals surface area contributed by atoms with Crippen LogP contribution in [0.4, 0.5) is 0 Å². The molecule has 1 unspecified atom stereocenters. The van der Waals surface area contributed by atoms with E-state index in [9.17, 15) is 0 Å². The summed E-state index contributed by atoms with van der Waals surface area (Å²) in [6, 6.07) is 4.49. The third kappa shape index (κ3) is 3.05. The lowest BCUT2D eigenvalue weighted by atomic mass is 9.93. The first kappa shape index (κ1) is 12.5. The fourth-order valence-corrected chi connectivity index (χ4v) is 2.93. The zero-order valence-corrected chi connectivity index (χ0v) is 10.9. The van der Waals surface area contributed by atoms with Gasteiger partial charge in [-0.05, 0) is 37.8 Å². The summed E-state index contributed by atoms with van der Waals surface area (Å²) < 4.78 is 0.